The van der Waals surface area contributed by atoms with E-state index in [0.717, 1.165) is 30.5 Å². The van der Waals surface area contributed by atoms with E-state index in [1.165, 1.54) is 6.07 Å². The van der Waals surface area contributed by atoms with Gasteiger partial charge in [0.25, 0.3) is 0 Å². The Morgan fingerprint density at radius 2 is 2.17 bits per heavy atom. The average Bonchev–Trinajstić information content (AvgIpc) is 2.37. The van der Waals surface area contributed by atoms with Crippen molar-refractivity contribution in [1.82, 2.24) is 0 Å². The SMILES string of the molecule is O=c1cc(N2CCCC(O)C2)c2ccccc2o1. The molecule has 1 aromatic carbocycles. The van der Waals surface area contributed by atoms with Gasteiger partial charge in [-0.2, -0.15) is 0 Å². The van der Waals surface area contributed by atoms with Gasteiger partial charge in [-0.15, -0.1) is 0 Å². The number of piperidine rings is 1. The van der Waals surface area contributed by atoms with Gasteiger partial charge in [0.15, 0.2) is 0 Å². The van der Waals surface area contributed by atoms with Crippen LogP contribution in [0.5, 0.6) is 0 Å². The largest absolute Gasteiger partial charge is 0.423 e. The Labute approximate surface area is 104 Å². The van der Waals surface area contributed by atoms with Gasteiger partial charge in [0.05, 0.1) is 11.8 Å². The number of hydrogen-bond donors (Lipinski definition) is 1. The molecule has 1 saturated heterocycles. The van der Waals surface area contributed by atoms with Gasteiger partial charge < -0.3 is 14.4 Å². The summed E-state index contributed by atoms with van der Waals surface area (Å²) in [6.45, 7) is 1.44. The molecule has 0 radical (unpaired) electrons. The molecule has 0 saturated carbocycles. The van der Waals surface area contributed by atoms with Crippen LogP contribution in [0, 0.1) is 0 Å². The second kappa shape index (κ2) is 4.46. The minimum Gasteiger partial charge on any atom is -0.423 e. The van der Waals surface area contributed by atoms with E-state index in [4.69, 9.17) is 4.42 Å². The molecular weight excluding hydrogens is 230 g/mol. The summed E-state index contributed by atoms with van der Waals surface area (Å²) in [4.78, 5) is 13.6. The highest BCUT2D eigenvalue weighted by atomic mass is 16.4. The summed E-state index contributed by atoms with van der Waals surface area (Å²) >= 11 is 0. The van der Waals surface area contributed by atoms with Crippen molar-refractivity contribution in [2.75, 3.05) is 18.0 Å². The topological polar surface area (TPSA) is 53.7 Å². The van der Waals surface area contributed by atoms with Crippen LogP contribution in [0.4, 0.5) is 5.69 Å². The molecule has 4 heteroatoms. The molecule has 3 rings (SSSR count). The molecule has 0 spiro atoms. The number of anilines is 1. The zero-order valence-electron chi connectivity index (χ0n) is 10.0. The summed E-state index contributed by atoms with van der Waals surface area (Å²) < 4.78 is 5.18. The number of fused-ring (bicyclic) bond motifs is 1. The molecule has 1 aliphatic rings. The Hall–Kier alpha value is -1.81. The maximum atomic E-state index is 11.6. The summed E-state index contributed by atoms with van der Waals surface area (Å²) in [6.07, 6.45) is 1.45. The van der Waals surface area contributed by atoms with E-state index in [1.807, 2.05) is 18.2 Å². The zero-order valence-corrected chi connectivity index (χ0v) is 10.0. The van der Waals surface area contributed by atoms with Gasteiger partial charge in [0.2, 0.25) is 0 Å². The fraction of sp³-hybridized carbons (Fsp3) is 0.357. The molecule has 1 aromatic heterocycles. The van der Waals surface area contributed by atoms with E-state index in [0.29, 0.717) is 12.1 Å². The van der Waals surface area contributed by atoms with Crippen LogP contribution in [-0.2, 0) is 0 Å². The molecule has 94 valence electrons. The minimum absolute atomic E-state index is 0.315. The van der Waals surface area contributed by atoms with Crippen LogP contribution in [0.25, 0.3) is 11.0 Å². The molecule has 1 fully saturated rings. The first kappa shape index (κ1) is 11.3. The second-order valence-corrected chi connectivity index (χ2v) is 4.69. The number of nitrogens with zero attached hydrogens (tertiary/aromatic N) is 1. The van der Waals surface area contributed by atoms with Crippen LogP contribution in [0.2, 0.25) is 0 Å². The van der Waals surface area contributed by atoms with E-state index in [1.54, 1.807) is 6.07 Å². The van der Waals surface area contributed by atoms with Gasteiger partial charge in [0.1, 0.15) is 5.58 Å². The van der Waals surface area contributed by atoms with Gasteiger partial charge in [-0.05, 0) is 25.0 Å². The maximum absolute atomic E-state index is 11.6. The lowest BCUT2D eigenvalue weighted by molar-refractivity contribution is 0.154. The number of aliphatic hydroxyl groups excluding tert-OH is 1. The lowest BCUT2D eigenvalue weighted by Crippen LogP contribution is -2.38. The first-order valence-electron chi connectivity index (χ1n) is 6.20. The standard InChI is InChI=1S/C14H15NO3/c16-10-4-3-7-15(9-10)12-8-14(17)18-13-6-2-1-5-11(12)13/h1-2,5-6,8,10,16H,3-4,7,9H2. The van der Waals surface area contributed by atoms with Crippen molar-refractivity contribution in [3.8, 4) is 0 Å². The van der Waals surface area contributed by atoms with Crippen molar-refractivity contribution >= 4 is 16.7 Å². The average molecular weight is 245 g/mol. The summed E-state index contributed by atoms with van der Waals surface area (Å²) in [5.74, 6) is 0. The zero-order chi connectivity index (χ0) is 12.5. The van der Waals surface area contributed by atoms with E-state index in [2.05, 4.69) is 4.90 Å². The highest BCUT2D eigenvalue weighted by Crippen LogP contribution is 2.27. The van der Waals surface area contributed by atoms with Crippen molar-refractivity contribution in [1.29, 1.82) is 0 Å². The summed E-state index contributed by atoms with van der Waals surface area (Å²) in [5, 5.41) is 10.7. The van der Waals surface area contributed by atoms with E-state index < -0.39 is 0 Å². The van der Waals surface area contributed by atoms with Gasteiger partial charge >= 0.3 is 5.63 Å². The summed E-state index contributed by atoms with van der Waals surface area (Å²) in [6, 6.07) is 9.02. The third-order valence-corrected chi connectivity index (χ3v) is 3.37. The normalized spacial score (nSPS) is 20.3. The molecule has 0 amide bonds. The maximum Gasteiger partial charge on any atom is 0.338 e. The highest BCUT2D eigenvalue weighted by Gasteiger charge is 2.20. The van der Waals surface area contributed by atoms with Crippen molar-refractivity contribution in [3.05, 3.63) is 40.8 Å². The molecule has 1 aliphatic heterocycles. The Morgan fingerprint density at radius 3 is 3.00 bits per heavy atom. The molecule has 2 aromatic rings. The molecule has 2 heterocycles. The lowest BCUT2D eigenvalue weighted by atomic mass is 10.1. The molecular formula is C14H15NO3. The van der Waals surface area contributed by atoms with Gasteiger partial charge in [-0.1, -0.05) is 12.1 Å². The van der Waals surface area contributed by atoms with E-state index >= 15 is 0 Å². The third kappa shape index (κ3) is 1.99. The first-order valence-corrected chi connectivity index (χ1v) is 6.20. The summed E-state index contributed by atoms with van der Waals surface area (Å²) in [7, 11) is 0. The predicted octanol–water partition coefficient (Wildman–Crippen LogP) is 1.75. The highest BCUT2D eigenvalue weighted by molar-refractivity contribution is 5.90. The minimum atomic E-state index is -0.344. The van der Waals surface area contributed by atoms with E-state index in [-0.39, 0.29) is 11.7 Å². The number of β-amino-alcohol motifs (C(OH)–C–C–N with tert-alkyl or cyclic N) is 1. The smallest absolute Gasteiger partial charge is 0.338 e. The number of rotatable bonds is 1. The fourth-order valence-corrected chi connectivity index (χ4v) is 2.53. The molecule has 1 atom stereocenters. The van der Waals surface area contributed by atoms with Crippen molar-refractivity contribution in [2.45, 2.75) is 18.9 Å². The molecule has 1 unspecified atom stereocenters. The Kier molecular flexibility index (Phi) is 2.80. The first-order chi connectivity index (χ1) is 8.74. The molecule has 1 N–H and O–H groups in total. The lowest BCUT2D eigenvalue weighted by Gasteiger charge is -2.32. The molecule has 0 aliphatic carbocycles. The van der Waals surface area contributed by atoms with Gasteiger partial charge in [-0.25, -0.2) is 4.79 Å². The van der Waals surface area contributed by atoms with E-state index in [9.17, 15) is 9.90 Å². The van der Waals surface area contributed by atoms with Crippen molar-refractivity contribution in [3.63, 3.8) is 0 Å². The van der Waals surface area contributed by atoms with Gasteiger partial charge in [0, 0.05) is 24.5 Å². The molecule has 4 nitrogen and oxygen atoms in total. The molecule has 18 heavy (non-hydrogen) atoms. The molecule has 0 bridgehead atoms. The predicted molar refractivity (Wildman–Crippen MR) is 69.9 cm³/mol. The van der Waals surface area contributed by atoms with Crippen LogP contribution < -0.4 is 10.5 Å². The number of aliphatic hydroxyl groups is 1. The van der Waals surface area contributed by atoms with Crippen molar-refractivity contribution in [2.24, 2.45) is 0 Å². The van der Waals surface area contributed by atoms with Crippen LogP contribution >= 0.6 is 0 Å². The Balaban J connectivity index is 2.12. The van der Waals surface area contributed by atoms with Gasteiger partial charge in [-0.3, -0.25) is 0 Å². The Bertz CT molecular complexity index is 620. The van der Waals surface area contributed by atoms with Crippen LogP contribution in [0.3, 0.4) is 0 Å². The number of benzene rings is 1. The number of para-hydroxylation sites is 1. The van der Waals surface area contributed by atoms with Crippen LogP contribution in [0.15, 0.2) is 39.5 Å². The monoisotopic (exact) mass is 245 g/mol. The summed E-state index contributed by atoms with van der Waals surface area (Å²) in [5.41, 5.74) is 1.12. The Morgan fingerprint density at radius 1 is 1.33 bits per heavy atom. The van der Waals surface area contributed by atoms with Crippen molar-refractivity contribution < 1.29 is 9.52 Å². The van der Waals surface area contributed by atoms with Crippen LogP contribution in [0.1, 0.15) is 12.8 Å². The van der Waals surface area contributed by atoms with Crippen LogP contribution in [-0.4, -0.2) is 24.3 Å². The second-order valence-electron chi connectivity index (χ2n) is 4.69. The third-order valence-electron chi connectivity index (χ3n) is 3.37. The number of hydrogen-bond acceptors (Lipinski definition) is 4. The fourth-order valence-electron chi connectivity index (χ4n) is 2.53. The quantitative estimate of drug-likeness (QED) is 0.778.